The van der Waals surface area contributed by atoms with Gasteiger partial charge in [0.1, 0.15) is 0 Å². The van der Waals surface area contributed by atoms with E-state index in [2.05, 4.69) is 4.72 Å². The van der Waals surface area contributed by atoms with Gasteiger partial charge < -0.3 is 4.90 Å². The van der Waals surface area contributed by atoms with Crippen LogP contribution in [0.5, 0.6) is 0 Å². The van der Waals surface area contributed by atoms with E-state index in [0.717, 1.165) is 11.3 Å². The monoisotopic (exact) mass is 398 g/mol. The number of rotatable bonds is 4. The Labute approximate surface area is 156 Å². The van der Waals surface area contributed by atoms with Crippen molar-refractivity contribution in [1.29, 1.82) is 0 Å². The lowest BCUT2D eigenvalue weighted by Crippen LogP contribution is -2.34. The van der Waals surface area contributed by atoms with Crippen molar-refractivity contribution in [3.8, 4) is 0 Å². The molecule has 1 N–H and O–H groups in total. The molecule has 1 heterocycles. The summed E-state index contributed by atoms with van der Waals surface area (Å²) in [6.07, 6.45) is 1.01. The maximum Gasteiger partial charge on any atom is 0.261 e. The molecule has 0 unspecified atom stereocenters. The molecule has 1 aliphatic heterocycles. The zero-order valence-corrected chi connectivity index (χ0v) is 15.7. The van der Waals surface area contributed by atoms with E-state index in [-0.39, 0.29) is 15.8 Å². The molecule has 1 amide bonds. The van der Waals surface area contributed by atoms with Crippen LogP contribution in [-0.4, -0.2) is 20.9 Å². The first-order chi connectivity index (χ1) is 11.8. The molecule has 2 aromatic rings. The van der Waals surface area contributed by atoms with E-state index in [0.29, 0.717) is 30.1 Å². The van der Waals surface area contributed by atoms with Crippen LogP contribution in [-0.2, 0) is 21.2 Å². The summed E-state index contributed by atoms with van der Waals surface area (Å²) in [4.78, 5) is 13.7. The van der Waals surface area contributed by atoms with Gasteiger partial charge in [-0.3, -0.25) is 9.52 Å². The molecular weight excluding hydrogens is 383 g/mol. The van der Waals surface area contributed by atoms with E-state index in [4.69, 9.17) is 23.2 Å². The first kappa shape index (κ1) is 18.0. The summed E-state index contributed by atoms with van der Waals surface area (Å²) in [6, 6.07) is 9.32. The molecule has 0 radical (unpaired) electrons. The molecule has 0 saturated carbocycles. The average Bonchev–Trinajstić information content (AvgIpc) is 2.57. The van der Waals surface area contributed by atoms with E-state index >= 15 is 0 Å². The number of amides is 1. The third-order valence-corrected chi connectivity index (χ3v) is 6.17. The molecule has 0 aromatic heterocycles. The zero-order chi connectivity index (χ0) is 18.2. The fraction of sp³-hybridized carbons (Fsp3) is 0.235. The normalized spacial score (nSPS) is 14.4. The number of aryl methyl sites for hydroxylation is 1. The molecular formula is C17H16Cl2N2O3S. The van der Waals surface area contributed by atoms with Crippen molar-refractivity contribution in [2.75, 3.05) is 16.2 Å². The lowest BCUT2D eigenvalue weighted by atomic mass is 10.0. The SMILES string of the molecule is CCN1C(=O)CCc2cc(NS(=O)(=O)c3ccc(Cl)c(Cl)c3)ccc21. The van der Waals surface area contributed by atoms with E-state index in [1.807, 2.05) is 6.92 Å². The van der Waals surface area contributed by atoms with E-state index in [1.54, 1.807) is 23.1 Å². The highest BCUT2D eigenvalue weighted by molar-refractivity contribution is 7.92. The number of anilines is 2. The van der Waals surface area contributed by atoms with Crippen LogP contribution in [0.1, 0.15) is 18.9 Å². The van der Waals surface area contributed by atoms with Gasteiger partial charge in [-0.1, -0.05) is 23.2 Å². The van der Waals surface area contributed by atoms with Crippen LogP contribution < -0.4 is 9.62 Å². The standard InChI is InChI=1S/C17H16Cl2N2O3S/c1-2-21-16-7-4-12(9-11(16)3-8-17(21)22)20-25(23,24)13-5-6-14(18)15(19)10-13/h4-7,9-10,20H,2-3,8H2,1H3. The Morgan fingerprint density at radius 3 is 2.52 bits per heavy atom. The predicted molar refractivity (Wildman–Crippen MR) is 100 cm³/mol. The van der Waals surface area contributed by atoms with Crippen molar-refractivity contribution in [3.05, 3.63) is 52.0 Å². The summed E-state index contributed by atoms with van der Waals surface area (Å²) in [5.41, 5.74) is 2.21. The minimum atomic E-state index is -3.78. The first-order valence-corrected chi connectivity index (χ1v) is 9.97. The molecule has 5 nitrogen and oxygen atoms in total. The molecule has 0 bridgehead atoms. The average molecular weight is 399 g/mol. The molecule has 8 heteroatoms. The maximum atomic E-state index is 12.5. The van der Waals surface area contributed by atoms with Gasteiger partial charge in [0.2, 0.25) is 5.91 Å². The highest BCUT2D eigenvalue weighted by Gasteiger charge is 2.23. The number of sulfonamides is 1. The molecule has 0 saturated heterocycles. The lowest BCUT2D eigenvalue weighted by Gasteiger charge is -2.28. The molecule has 0 aliphatic carbocycles. The third-order valence-electron chi connectivity index (χ3n) is 4.05. The maximum absolute atomic E-state index is 12.5. The Bertz CT molecular complexity index is 945. The Morgan fingerprint density at radius 2 is 1.84 bits per heavy atom. The van der Waals surface area contributed by atoms with Gasteiger partial charge >= 0.3 is 0 Å². The first-order valence-electron chi connectivity index (χ1n) is 7.73. The molecule has 0 atom stereocenters. The van der Waals surface area contributed by atoms with Gasteiger partial charge in [0.05, 0.1) is 14.9 Å². The summed E-state index contributed by atoms with van der Waals surface area (Å²) in [7, 11) is -3.78. The summed E-state index contributed by atoms with van der Waals surface area (Å²) < 4.78 is 27.6. The van der Waals surface area contributed by atoms with Gasteiger partial charge in [0, 0.05) is 24.3 Å². The van der Waals surface area contributed by atoms with Crippen molar-refractivity contribution >= 4 is 50.5 Å². The fourth-order valence-electron chi connectivity index (χ4n) is 2.83. The van der Waals surface area contributed by atoms with E-state index < -0.39 is 10.0 Å². The molecule has 0 spiro atoms. The Morgan fingerprint density at radius 1 is 1.08 bits per heavy atom. The number of carbonyl (C=O) groups is 1. The summed E-state index contributed by atoms with van der Waals surface area (Å²) in [6.45, 7) is 2.49. The quantitative estimate of drug-likeness (QED) is 0.842. The summed E-state index contributed by atoms with van der Waals surface area (Å²) in [5.74, 6) is 0.0825. The number of hydrogen-bond acceptors (Lipinski definition) is 3. The highest BCUT2D eigenvalue weighted by Crippen LogP contribution is 2.31. The number of nitrogens with zero attached hydrogens (tertiary/aromatic N) is 1. The number of fused-ring (bicyclic) bond motifs is 1. The van der Waals surface area contributed by atoms with Crippen molar-refractivity contribution in [1.82, 2.24) is 0 Å². The molecule has 25 heavy (non-hydrogen) atoms. The third kappa shape index (κ3) is 3.61. The van der Waals surface area contributed by atoms with Crippen molar-refractivity contribution in [3.63, 3.8) is 0 Å². The van der Waals surface area contributed by atoms with Gasteiger partial charge in [0.15, 0.2) is 0 Å². The Kier molecular flexibility index (Phi) is 4.95. The largest absolute Gasteiger partial charge is 0.312 e. The minimum Gasteiger partial charge on any atom is -0.312 e. The Balaban J connectivity index is 1.90. The molecule has 132 valence electrons. The van der Waals surface area contributed by atoms with Crippen molar-refractivity contribution in [2.45, 2.75) is 24.7 Å². The van der Waals surface area contributed by atoms with Crippen molar-refractivity contribution in [2.24, 2.45) is 0 Å². The van der Waals surface area contributed by atoms with Gasteiger partial charge in [-0.05, 0) is 55.3 Å². The summed E-state index contributed by atoms with van der Waals surface area (Å²) in [5, 5.41) is 0.464. The number of halogens is 2. The van der Waals surface area contributed by atoms with E-state index in [1.165, 1.54) is 18.2 Å². The van der Waals surface area contributed by atoms with Crippen LogP contribution in [0.4, 0.5) is 11.4 Å². The van der Waals surface area contributed by atoms with Crippen LogP contribution in [0.25, 0.3) is 0 Å². The minimum absolute atomic E-state index is 0.0324. The fourth-order valence-corrected chi connectivity index (χ4v) is 4.27. The van der Waals surface area contributed by atoms with Gasteiger partial charge in [0.25, 0.3) is 10.0 Å². The molecule has 2 aromatic carbocycles. The predicted octanol–water partition coefficient (Wildman–Crippen LogP) is 4.09. The van der Waals surface area contributed by atoms with Crippen LogP contribution in [0.2, 0.25) is 10.0 Å². The van der Waals surface area contributed by atoms with Crippen LogP contribution in [0, 0.1) is 0 Å². The molecule has 1 aliphatic rings. The number of benzene rings is 2. The van der Waals surface area contributed by atoms with Crippen LogP contribution >= 0.6 is 23.2 Å². The molecule has 0 fully saturated rings. The lowest BCUT2D eigenvalue weighted by molar-refractivity contribution is -0.118. The van der Waals surface area contributed by atoms with Gasteiger partial charge in [-0.15, -0.1) is 0 Å². The molecule has 3 rings (SSSR count). The topological polar surface area (TPSA) is 66.5 Å². The van der Waals surface area contributed by atoms with E-state index in [9.17, 15) is 13.2 Å². The second-order valence-electron chi connectivity index (χ2n) is 5.66. The highest BCUT2D eigenvalue weighted by atomic mass is 35.5. The van der Waals surface area contributed by atoms with Gasteiger partial charge in [-0.25, -0.2) is 8.42 Å². The summed E-state index contributed by atoms with van der Waals surface area (Å²) >= 11 is 11.7. The smallest absolute Gasteiger partial charge is 0.261 e. The van der Waals surface area contributed by atoms with Gasteiger partial charge in [-0.2, -0.15) is 0 Å². The van der Waals surface area contributed by atoms with Crippen LogP contribution in [0.3, 0.4) is 0 Å². The number of hydrogen-bond donors (Lipinski definition) is 1. The second-order valence-corrected chi connectivity index (χ2v) is 8.16. The number of carbonyl (C=O) groups excluding carboxylic acids is 1. The zero-order valence-electron chi connectivity index (χ0n) is 13.4. The van der Waals surface area contributed by atoms with Crippen LogP contribution in [0.15, 0.2) is 41.3 Å². The van der Waals surface area contributed by atoms with Crippen molar-refractivity contribution < 1.29 is 13.2 Å². The Hall–Kier alpha value is -1.76. The number of nitrogens with one attached hydrogen (secondary N) is 1. The second kappa shape index (κ2) is 6.86.